The molecule has 0 aliphatic heterocycles. The van der Waals surface area contributed by atoms with E-state index in [4.69, 9.17) is 5.11 Å². The van der Waals surface area contributed by atoms with Crippen molar-refractivity contribution in [3.8, 4) is 0 Å². The molecule has 0 bridgehead atoms. The number of aliphatic hydroxyl groups is 1. The number of likely N-dealkylation sites (N-methyl/N-ethyl adjacent to an activating group) is 1. The summed E-state index contributed by atoms with van der Waals surface area (Å²) in [6, 6.07) is 0.842. The van der Waals surface area contributed by atoms with E-state index >= 15 is 0 Å². The Morgan fingerprint density at radius 1 is 1.39 bits per heavy atom. The first-order chi connectivity index (χ1) is 11.2. The van der Waals surface area contributed by atoms with E-state index in [0.717, 1.165) is 32.2 Å². The van der Waals surface area contributed by atoms with E-state index in [9.17, 15) is 4.79 Å². The van der Waals surface area contributed by atoms with Crippen LogP contribution < -0.4 is 5.32 Å². The molecule has 1 amide bonds. The van der Waals surface area contributed by atoms with Crippen LogP contribution in [0.4, 0.5) is 0 Å². The van der Waals surface area contributed by atoms with E-state index in [0.29, 0.717) is 18.3 Å². The van der Waals surface area contributed by atoms with Gasteiger partial charge in [0, 0.05) is 6.04 Å². The van der Waals surface area contributed by atoms with Gasteiger partial charge in [-0.05, 0) is 32.2 Å². The summed E-state index contributed by atoms with van der Waals surface area (Å²) in [4.78, 5) is 14.7. The molecule has 3 rings (SSSR count). The van der Waals surface area contributed by atoms with E-state index < -0.39 is 0 Å². The second-order valence-corrected chi connectivity index (χ2v) is 6.67. The summed E-state index contributed by atoms with van der Waals surface area (Å²) in [5.74, 6) is 0.109. The lowest BCUT2D eigenvalue weighted by molar-refractivity contribution is -0.123. The minimum Gasteiger partial charge on any atom is -0.390 e. The van der Waals surface area contributed by atoms with Crippen LogP contribution >= 0.6 is 0 Å². The van der Waals surface area contributed by atoms with Crippen molar-refractivity contribution in [2.45, 2.75) is 70.2 Å². The summed E-state index contributed by atoms with van der Waals surface area (Å²) < 4.78 is 1.81. The minimum atomic E-state index is -0.101. The molecular weight excluding hydrogens is 294 g/mol. The first-order valence-electron chi connectivity index (χ1n) is 8.76. The molecule has 1 aromatic heterocycles. The van der Waals surface area contributed by atoms with Gasteiger partial charge in [0.25, 0.3) is 0 Å². The van der Waals surface area contributed by atoms with Gasteiger partial charge in [-0.15, -0.1) is 5.10 Å². The van der Waals surface area contributed by atoms with Gasteiger partial charge in [0.15, 0.2) is 0 Å². The number of carbonyl (C=O) groups is 1. The first-order valence-corrected chi connectivity index (χ1v) is 8.76. The van der Waals surface area contributed by atoms with Crippen molar-refractivity contribution in [1.29, 1.82) is 0 Å². The second kappa shape index (κ2) is 7.40. The molecule has 128 valence electrons. The zero-order valence-electron chi connectivity index (χ0n) is 13.8. The molecule has 1 aromatic rings. The van der Waals surface area contributed by atoms with Crippen LogP contribution in [0.25, 0.3) is 0 Å². The molecule has 0 radical (unpaired) electrons. The zero-order valence-corrected chi connectivity index (χ0v) is 13.8. The van der Waals surface area contributed by atoms with Gasteiger partial charge in [0.2, 0.25) is 5.91 Å². The summed E-state index contributed by atoms with van der Waals surface area (Å²) in [7, 11) is 0. The highest BCUT2D eigenvalue weighted by Crippen LogP contribution is 2.29. The van der Waals surface area contributed by atoms with Crippen LogP contribution in [0.15, 0.2) is 6.20 Å². The molecule has 7 heteroatoms. The lowest BCUT2D eigenvalue weighted by Crippen LogP contribution is -2.47. The largest absolute Gasteiger partial charge is 0.390 e. The molecule has 2 atom stereocenters. The molecule has 7 nitrogen and oxygen atoms in total. The van der Waals surface area contributed by atoms with Crippen LogP contribution in [-0.4, -0.2) is 56.1 Å². The van der Waals surface area contributed by atoms with E-state index in [1.165, 1.54) is 12.8 Å². The highest BCUT2D eigenvalue weighted by molar-refractivity contribution is 5.78. The summed E-state index contributed by atoms with van der Waals surface area (Å²) in [5, 5.41) is 20.5. The third-order valence-corrected chi connectivity index (χ3v) is 4.95. The van der Waals surface area contributed by atoms with Gasteiger partial charge in [0.1, 0.15) is 5.69 Å². The summed E-state index contributed by atoms with van der Waals surface area (Å²) in [5.41, 5.74) is 0.576. The van der Waals surface area contributed by atoms with Gasteiger partial charge in [-0.2, -0.15) is 0 Å². The predicted molar refractivity (Wildman–Crippen MR) is 85.6 cm³/mol. The van der Waals surface area contributed by atoms with Crippen molar-refractivity contribution >= 4 is 5.91 Å². The summed E-state index contributed by atoms with van der Waals surface area (Å²) >= 11 is 0. The average molecular weight is 321 g/mol. The van der Waals surface area contributed by atoms with Crippen molar-refractivity contribution in [2.24, 2.45) is 0 Å². The number of nitrogens with one attached hydrogen (secondary N) is 1. The molecule has 1 heterocycles. The van der Waals surface area contributed by atoms with Crippen LogP contribution in [0.2, 0.25) is 0 Å². The Balaban J connectivity index is 1.60. The number of carbonyl (C=O) groups excluding carboxylic acids is 1. The number of aromatic nitrogens is 3. The molecule has 2 saturated carbocycles. The molecule has 2 N–H and O–H groups in total. The number of rotatable bonds is 7. The zero-order chi connectivity index (χ0) is 16.2. The molecule has 2 aliphatic rings. The first kappa shape index (κ1) is 16.4. The van der Waals surface area contributed by atoms with Gasteiger partial charge in [-0.25, -0.2) is 4.68 Å². The fourth-order valence-corrected chi connectivity index (χ4v) is 3.52. The molecule has 0 saturated heterocycles. The predicted octanol–water partition coefficient (Wildman–Crippen LogP) is 0.855. The van der Waals surface area contributed by atoms with Crippen molar-refractivity contribution in [1.82, 2.24) is 25.2 Å². The molecule has 2 fully saturated rings. The summed E-state index contributed by atoms with van der Waals surface area (Å²) in [6.45, 7) is 3.43. The third kappa shape index (κ3) is 4.09. The van der Waals surface area contributed by atoms with Crippen molar-refractivity contribution in [3.05, 3.63) is 11.9 Å². The quantitative estimate of drug-likeness (QED) is 0.778. The highest BCUT2D eigenvalue weighted by atomic mass is 16.3. The van der Waals surface area contributed by atoms with E-state index in [2.05, 4.69) is 27.5 Å². The minimum absolute atomic E-state index is 0.0994. The highest BCUT2D eigenvalue weighted by Gasteiger charge is 2.32. The Bertz CT molecular complexity index is 528. The molecular formula is C16H27N5O2. The van der Waals surface area contributed by atoms with Crippen LogP contribution in [0.3, 0.4) is 0 Å². The van der Waals surface area contributed by atoms with Crippen LogP contribution in [0.1, 0.15) is 57.2 Å². The van der Waals surface area contributed by atoms with E-state index in [-0.39, 0.29) is 24.6 Å². The molecule has 0 spiro atoms. The van der Waals surface area contributed by atoms with Gasteiger partial charge in [-0.3, -0.25) is 9.69 Å². The van der Waals surface area contributed by atoms with Crippen LogP contribution in [-0.2, 0) is 11.4 Å². The Morgan fingerprint density at radius 3 is 2.83 bits per heavy atom. The second-order valence-electron chi connectivity index (χ2n) is 6.67. The van der Waals surface area contributed by atoms with Gasteiger partial charge >= 0.3 is 0 Å². The maximum absolute atomic E-state index is 12.4. The van der Waals surface area contributed by atoms with E-state index in [1.807, 2.05) is 4.68 Å². The van der Waals surface area contributed by atoms with Crippen molar-refractivity contribution in [2.75, 3.05) is 13.1 Å². The van der Waals surface area contributed by atoms with Crippen LogP contribution in [0.5, 0.6) is 0 Å². The normalized spacial score (nSPS) is 24.8. The van der Waals surface area contributed by atoms with Gasteiger partial charge in [0.05, 0.1) is 31.4 Å². The standard InChI is InChI=1S/C16H27N5O2/c1-2-20(13-7-8-13)10-16(23)17-14-5-3-4-6-15(14)21-9-12(11-22)18-19-21/h9,13-15,22H,2-8,10-11H2,1H3,(H,17,23)/t14-,15+/m0/s1. The third-order valence-electron chi connectivity index (χ3n) is 4.95. The molecule has 0 unspecified atom stereocenters. The molecule has 2 aliphatic carbocycles. The SMILES string of the molecule is CCN(CC(=O)N[C@H]1CCCC[C@H]1n1cc(CO)nn1)C1CC1. The van der Waals surface area contributed by atoms with Crippen molar-refractivity contribution < 1.29 is 9.90 Å². The van der Waals surface area contributed by atoms with Gasteiger partial charge < -0.3 is 10.4 Å². The fourth-order valence-electron chi connectivity index (χ4n) is 3.52. The fraction of sp³-hybridized carbons (Fsp3) is 0.812. The Kier molecular flexibility index (Phi) is 5.27. The lowest BCUT2D eigenvalue weighted by atomic mass is 9.90. The summed E-state index contributed by atoms with van der Waals surface area (Å²) in [6.07, 6.45) is 8.45. The number of amides is 1. The van der Waals surface area contributed by atoms with Crippen molar-refractivity contribution in [3.63, 3.8) is 0 Å². The number of hydrogen-bond acceptors (Lipinski definition) is 5. The van der Waals surface area contributed by atoms with Gasteiger partial charge in [-0.1, -0.05) is 25.0 Å². The Labute approximate surface area is 137 Å². The molecule has 23 heavy (non-hydrogen) atoms. The topological polar surface area (TPSA) is 83.3 Å². The van der Waals surface area contributed by atoms with Crippen LogP contribution in [0, 0.1) is 0 Å². The maximum Gasteiger partial charge on any atom is 0.234 e. The number of aliphatic hydroxyl groups excluding tert-OH is 1. The smallest absolute Gasteiger partial charge is 0.234 e. The Morgan fingerprint density at radius 2 is 2.17 bits per heavy atom. The monoisotopic (exact) mass is 321 g/mol. The number of hydrogen-bond donors (Lipinski definition) is 2. The van der Waals surface area contributed by atoms with E-state index in [1.54, 1.807) is 6.20 Å². The average Bonchev–Trinajstić information content (AvgIpc) is 3.30. The Hall–Kier alpha value is -1.47. The molecule has 0 aromatic carbocycles. The lowest BCUT2D eigenvalue weighted by Gasteiger charge is -2.32. The number of nitrogens with zero attached hydrogens (tertiary/aromatic N) is 4. The maximum atomic E-state index is 12.4.